The van der Waals surface area contributed by atoms with Gasteiger partial charge < -0.3 is 15.6 Å². The van der Waals surface area contributed by atoms with Gasteiger partial charge in [0.05, 0.1) is 11.1 Å². The van der Waals surface area contributed by atoms with Gasteiger partial charge in [-0.05, 0) is 67.3 Å². The first-order chi connectivity index (χ1) is 17.6. The third kappa shape index (κ3) is 3.98. The van der Waals surface area contributed by atoms with Crippen LogP contribution in [0.25, 0.3) is 38.8 Å². The van der Waals surface area contributed by atoms with Crippen LogP contribution in [0.1, 0.15) is 48.0 Å². The molecule has 0 aliphatic heterocycles. The van der Waals surface area contributed by atoms with Crippen molar-refractivity contribution in [3.8, 4) is 16.8 Å². The van der Waals surface area contributed by atoms with Gasteiger partial charge in [0.15, 0.2) is 0 Å². The van der Waals surface area contributed by atoms with Gasteiger partial charge in [0, 0.05) is 52.3 Å². The Morgan fingerprint density at radius 1 is 1.03 bits per heavy atom. The van der Waals surface area contributed by atoms with Gasteiger partial charge >= 0.3 is 0 Å². The number of carbonyl (C=O) groups excluding carboxylic acids is 1. The van der Waals surface area contributed by atoms with Crippen molar-refractivity contribution >= 4 is 33.5 Å². The molecule has 180 valence electrons. The molecular weight excluding hydrogens is 446 g/mol. The normalized spacial score (nSPS) is 14.4. The van der Waals surface area contributed by atoms with Crippen LogP contribution in [-0.4, -0.2) is 26.5 Å². The van der Waals surface area contributed by atoms with Crippen LogP contribution in [0.5, 0.6) is 0 Å². The minimum Gasteiger partial charge on any atom is -0.382 e. The maximum atomic E-state index is 12.2. The topological polar surface area (TPSA) is 85.8 Å². The van der Waals surface area contributed by atoms with Crippen LogP contribution in [0.4, 0.5) is 5.69 Å². The summed E-state index contributed by atoms with van der Waals surface area (Å²) in [4.78, 5) is 21.6. The van der Waals surface area contributed by atoms with E-state index in [9.17, 15) is 4.79 Å². The molecule has 3 aromatic heterocycles. The average molecular weight is 476 g/mol. The number of aromatic nitrogens is 3. The summed E-state index contributed by atoms with van der Waals surface area (Å²) in [6, 6.07) is 18.5. The van der Waals surface area contributed by atoms with Gasteiger partial charge in [-0.2, -0.15) is 0 Å². The fourth-order valence-corrected chi connectivity index (χ4v) is 5.48. The molecule has 0 atom stereocenters. The summed E-state index contributed by atoms with van der Waals surface area (Å²) in [5, 5.41) is 5.81. The Morgan fingerprint density at radius 2 is 1.86 bits per heavy atom. The second-order valence-corrected chi connectivity index (χ2v) is 9.73. The molecule has 2 aromatic carbocycles. The van der Waals surface area contributed by atoms with E-state index in [1.54, 1.807) is 0 Å². The molecule has 5 aromatic rings. The molecule has 6 nitrogen and oxygen atoms in total. The minimum atomic E-state index is -0.419. The Bertz CT molecular complexity index is 1600. The lowest BCUT2D eigenvalue weighted by atomic mass is 9.95. The fraction of sp³-hybridized carbons (Fsp3) is 0.233. The lowest BCUT2D eigenvalue weighted by molar-refractivity contribution is 0.100. The summed E-state index contributed by atoms with van der Waals surface area (Å²) < 4.78 is 2.10. The van der Waals surface area contributed by atoms with Crippen molar-refractivity contribution in [1.82, 2.24) is 14.5 Å². The van der Waals surface area contributed by atoms with Crippen LogP contribution in [0.3, 0.4) is 0 Å². The van der Waals surface area contributed by atoms with Crippen LogP contribution in [0.15, 0.2) is 73.2 Å². The zero-order valence-electron chi connectivity index (χ0n) is 20.4. The first-order valence-corrected chi connectivity index (χ1v) is 12.6. The smallest absolute Gasteiger partial charge is 0.250 e. The average Bonchev–Trinajstić information content (AvgIpc) is 3.25. The number of primary amides is 1. The number of benzene rings is 2. The fourth-order valence-electron chi connectivity index (χ4n) is 5.48. The molecule has 0 unspecified atom stereocenters. The standard InChI is InChI=1S/C30H29N5O/c1-19-18-35(23-11-12-25(29(31)36)27(16-23)34-22-8-3-2-4-9-22)30-28(19)24(13-14-32-30)21-15-20-7-5-6-10-26(20)33-17-21/h5-7,10-18,22,34H,2-4,8-9H2,1H3,(H2,31,36). The molecule has 1 aliphatic rings. The Morgan fingerprint density at radius 3 is 2.69 bits per heavy atom. The van der Waals surface area contributed by atoms with Crippen LogP contribution in [-0.2, 0) is 0 Å². The molecular formula is C30H29N5O. The molecule has 3 heterocycles. The van der Waals surface area contributed by atoms with Crippen LogP contribution < -0.4 is 11.1 Å². The number of carbonyl (C=O) groups is 1. The second-order valence-electron chi connectivity index (χ2n) is 9.73. The quantitative estimate of drug-likeness (QED) is 0.308. The Kier molecular flexibility index (Phi) is 5.64. The largest absolute Gasteiger partial charge is 0.382 e. The third-order valence-electron chi connectivity index (χ3n) is 7.29. The summed E-state index contributed by atoms with van der Waals surface area (Å²) in [5.41, 5.74) is 13.1. The lowest BCUT2D eigenvalue weighted by Gasteiger charge is -2.25. The number of nitrogens with zero attached hydrogens (tertiary/aromatic N) is 3. The summed E-state index contributed by atoms with van der Waals surface area (Å²) in [7, 11) is 0. The number of para-hydroxylation sites is 1. The molecule has 1 fully saturated rings. The highest BCUT2D eigenvalue weighted by molar-refractivity contribution is 6.00. The Hall–Kier alpha value is -4.19. The van der Waals surface area contributed by atoms with E-state index in [2.05, 4.69) is 46.2 Å². The highest BCUT2D eigenvalue weighted by Crippen LogP contribution is 2.34. The SMILES string of the molecule is Cc1cn(-c2ccc(C(N)=O)c(NC3CCCCC3)c2)c2nccc(-c3cnc4ccccc4c3)c12. The molecule has 0 bridgehead atoms. The maximum absolute atomic E-state index is 12.2. The highest BCUT2D eigenvalue weighted by Gasteiger charge is 2.19. The molecule has 6 rings (SSSR count). The number of hydrogen-bond acceptors (Lipinski definition) is 4. The second kappa shape index (κ2) is 9.11. The summed E-state index contributed by atoms with van der Waals surface area (Å²) in [6.45, 7) is 2.11. The number of hydrogen-bond donors (Lipinski definition) is 2. The lowest BCUT2D eigenvalue weighted by Crippen LogP contribution is -2.24. The van der Waals surface area contributed by atoms with Crippen molar-refractivity contribution in [1.29, 1.82) is 0 Å². The molecule has 1 saturated carbocycles. The molecule has 36 heavy (non-hydrogen) atoms. The monoisotopic (exact) mass is 475 g/mol. The van der Waals surface area contributed by atoms with Crippen LogP contribution >= 0.6 is 0 Å². The van der Waals surface area contributed by atoms with E-state index in [0.717, 1.165) is 62.8 Å². The zero-order chi connectivity index (χ0) is 24.6. The van der Waals surface area contributed by atoms with Gasteiger partial charge in [-0.15, -0.1) is 0 Å². The van der Waals surface area contributed by atoms with Gasteiger partial charge in [-0.3, -0.25) is 9.78 Å². The van der Waals surface area contributed by atoms with Crippen molar-refractivity contribution < 1.29 is 4.79 Å². The van der Waals surface area contributed by atoms with E-state index in [-0.39, 0.29) is 0 Å². The number of fused-ring (bicyclic) bond motifs is 2. The number of pyridine rings is 2. The maximum Gasteiger partial charge on any atom is 0.250 e. The van der Waals surface area contributed by atoms with Gasteiger partial charge in [0.2, 0.25) is 0 Å². The van der Waals surface area contributed by atoms with Gasteiger partial charge in [-0.1, -0.05) is 37.5 Å². The number of aryl methyl sites for hydroxylation is 1. The highest BCUT2D eigenvalue weighted by atomic mass is 16.1. The van der Waals surface area contributed by atoms with Gasteiger partial charge in [-0.25, -0.2) is 4.98 Å². The molecule has 1 amide bonds. The first-order valence-electron chi connectivity index (χ1n) is 12.6. The van der Waals surface area contributed by atoms with Crippen LogP contribution in [0, 0.1) is 6.92 Å². The van der Waals surface area contributed by atoms with Crippen LogP contribution in [0.2, 0.25) is 0 Å². The minimum absolute atomic E-state index is 0.361. The number of rotatable bonds is 5. The summed E-state index contributed by atoms with van der Waals surface area (Å²) in [6.07, 6.45) is 11.8. The van der Waals surface area contributed by atoms with E-state index in [1.165, 1.54) is 19.3 Å². The summed E-state index contributed by atoms with van der Waals surface area (Å²) in [5.74, 6) is -0.419. The number of anilines is 1. The molecule has 6 heteroatoms. The van der Waals surface area contributed by atoms with Crippen molar-refractivity contribution in [3.05, 3.63) is 84.3 Å². The Balaban J connectivity index is 1.45. The molecule has 0 spiro atoms. The summed E-state index contributed by atoms with van der Waals surface area (Å²) >= 11 is 0. The number of nitrogens with two attached hydrogens (primary N) is 1. The molecule has 0 saturated heterocycles. The Labute approximate surface area is 210 Å². The van der Waals surface area contributed by atoms with Crippen molar-refractivity contribution in [2.75, 3.05) is 5.32 Å². The third-order valence-corrected chi connectivity index (χ3v) is 7.29. The predicted octanol–water partition coefficient (Wildman–Crippen LogP) is 6.39. The van der Waals surface area contributed by atoms with Gasteiger partial charge in [0.1, 0.15) is 5.65 Å². The first kappa shape index (κ1) is 22.3. The van der Waals surface area contributed by atoms with Crippen molar-refractivity contribution in [2.45, 2.75) is 45.1 Å². The van der Waals surface area contributed by atoms with E-state index in [4.69, 9.17) is 10.7 Å². The number of amides is 1. The molecule has 0 radical (unpaired) electrons. The predicted molar refractivity (Wildman–Crippen MR) is 146 cm³/mol. The zero-order valence-corrected chi connectivity index (χ0v) is 20.4. The van der Waals surface area contributed by atoms with E-state index in [0.29, 0.717) is 11.6 Å². The van der Waals surface area contributed by atoms with E-state index >= 15 is 0 Å². The van der Waals surface area contributed by atoms with Gasteiger partial charge in [0.25, 0.3) is 5.91 Å². The molecule has 3 N–H and O–H groups in total. The van der Waals surface area contributed by atoms with E-state index < -0.39 is 5.91 Å². The van der Waals surface area contributed by atoms with Crippen molar-refractivity contribution in [3.63, 3.8) is 0 Å². The van der Waals surface area contributed by atoms with E-state index in [1.807, 2.05) is 48.8 Å². The van der Waals surface area contributed by atoms with Crippen molar-refractivity contribution in [2.24, 2.45) is 5.73 Å². The number of nitrogens with one attached hydrogen (secondary N) is 1. The molecule has 1 aliphatic carbocycles.